The van der Waals surface area contributed by atoms with Gasteiger partial charge in [0.1, 0.15) is 0 Å². The third-order valence-corrected chi connectivity index (χ3v) is 3.66. The maximum absolute atomic E-state index is 11.1. The lowest BCUT2D eigenvalue weighted by Gasteiger charge is -2.17. The van der Waals surface area contributed by atoms with Crippen LogP contribution in [0.15, 0.2) is 12.1 Å². The van der Waals surface area contributed by atoms with Crippen LogP contribution in [0.3, 0.4) is 0 Å². The standard InChI is InChI=1S/C15H21ClN2O3/c1-9(15(17)19)8-21-14-10(7-18-12-3-4-12)5-11(16)6-13(14)20-2/h5-6,9,12,18H,3-4,7-8H2,1-2H3,(H2,17,19). The summed E-state index contributed by atoms with van der Waals surface area (Å²) >= 11 is 6.11. The van der Waals surface area contributed by atoms with E-state index in [0.717, 1.165) is 5.56 Å². The first-order valence-corrected chi connectivity index (χ1v) is 7.41. The first-order chi connectivity index (χ1) is 10.0. The second-order valence-corrected chi connectivity index (χ2v) is 5.80. The van der Waals surface area contributed by atoms with Gasteiger partial charge in [-0.25, -0.2) is 0 Å². The molecule has 0 radical (unpaired) electrons. The van der Waals surface area contributed by atoms with Crippen molar-refractivity contribution < 1.29 is 14.3 Å². The van der Waals surface area contributed by atoms with E-state index >= 15 is 0 Å². The largest absolute Gasteiger partial charge is 0.493 e. The predicted octanol–water partition coefficient (Wildman–Crippen LogP) is 2.10. The summed E-state index contributed by atoms with van der Waals surface area (Å²) in [4.78, 5) is 11.1. The highest BCUT2D eigenvalue weighted by Gasteiger charge is 2.22. The van der Waals surface area contributed by atoms with Gasteiger partial charge in [-0.05, 0) is 18.9 Å². The van der Waals surface area contributed by atoms with E-state index in [1.165, 1.54) is 12.8 Å². The maximum Gasteiger partial charge on any atom is 0.223 e. The summed E-state index contributed by atoms with van der Waals surface area (Å²) in [6.07, 6.45) is 2.40. The van der Waals surface area contributed by atoms with E-state index in [1.54, 1.807) is 20.1 Å². The van der Waals surface area contributed by atoms with Crippen molar-refractivity contribution >= 4 is 17.5 Å². The van der Waals surface area contributed by atoms with Gasteiger partial charge in [0, 0.05) is 29.2 Å². The Morgan fingerprint density at radius 1 is 1.52 bits per heavy atom. The zero-order chi connectivity index (χ0) is 15.4. The molecule has 1 aromatic rings. The fraction of sp³-hybridized carbons (Fsp3) is 0.533. The highest BCUT2D eigenvalue weighted by Crippen LogP contribution is 2.35. The van der Waals surface area contributed by atoms with Crippen molar-refractivity contribution in [2.45, 2.75) is 32.4 Å². The fourth-order valence-corrected chi connectivity index (χ4v) is 2.13. The van der Waals surface area contributed by atoms with Gasteiger partial charge in [-0.3, -0.25) is 4.79 Å². The first kappa shape index (κ1) is 15.9. The van der Waals surface area contributed by atoms with Crippen LogP contribution in [0, 0.1) is 5.92 Å². The van der Waals surface area contributed by atoms with E-state index in [9.17, 15) is 4.79 Å². The zero-order valence-electron chi connectivity index (χ0n) is 12.3. The van der Waals surface area contributed by atoms with Crippen molar-refractivity contribution in [2.75, 3.05) is 13.7 Å². The smallest absolute Gasteiger partial charge is 0.223 e. The lowest BCUT2D eigenvalue weighted by atomic mass is 10.1. The summed E-state index contributed by atoms with van der Waals surface area (Å²) in [6, 6.07) is 4.13. The average Bonchev–Trinajstić information content (AvgIpc) is 3.26. The number of nitrogens with one attached hydrogen (secondary N) is 1. The Hall–Kier alpha value is -1.46. The third-order valence-electron chi connectivity index (χ3n) is 3.44. The Balaban J connectivity index is 2.15. The highest BCUT2D eigenvalue weighted by molar-refractivity contribution is 6.30. The lowest BCUT2D eigenvalue weighted by Crippen LogP contribution is -2.26. The van der Waals surface area contributed by atoms with Crippen LogP contribution >= 0.6 is 11.6 Å². The molecule has 1 aliphatic rings. The zero-order valence-corrected chi connectivity index (χ0v) is 13.1. The molecule has 116 valence electrons. The number of ether oxygens (including phenoxy) is 2. The molecular formula is C15H21ClN2O3. The van der Waals surface area contributed by atoms with Crippen LogP contribution in [0.1, 0.15) is 25.3 Å². The van der Waals surface area contributed by atoms with E-state index in [0.29, 0.717) is 29.1 Å². The van der Waals surface area contributed by atoms with Gasteiger partial charge >= 0.3 is 0 Å². The number of carbonyl (C=O) groups is 1. The van der Waals surface area contributed by atoms with E-state index < -0.39 is 0 Å². The number of hydrogen-bond acceptors (Lipinski definition) is 4. The van der Waals surface area contributed by atoms with Crippen LogP contribution in [0.2, 0.25) is 5.02 Å². The molecule has 1 saturated carbocycles. The molecule has 1 amide bonds. The number of nitrogens with two attached hydrogens (primary N) is 1. The molecule has 1 aromatic carbocycles. The van der Waals surface area contributed by atoms with Crippen LogP contribution in [0.4, 0.5) is 0 Å². The van der Waals surface area contributed by atoms with Crippen molar-refractivity contribution in [1.82, 2.24) is 5.32 Å². The minimum Gasteiger partial charge on any atom is -0.493 e. The number of carbonyl (C=O) groups excluding carboxylic acids is 1. The van der Waals surface area contributed by atoms with Crippen LogP contribution in [-0.4, -0.2) is 25.7 Å². The number of benzene rings is 1. The molecule has 0 aromatic heterocycles. The maximum atomic E-state index is 11.1. The van der Waals surface area contributed by atoms with E-state index in [2.05, 4.69) is 5.32 Å². The second kappa shape index (κ2) is 7.00. The number of amides is 1. The molecule has 0 bridgehead atoms. The summed E-state index contributed by atoms with van der Waals surface area (Å²) in [7, 11) is 1.56. The van der Waals surface area contributed by atoms with Crippen LogP contribution in [0.5, 0.6) is 11.5 Å². The first-order valence-electron chi connectivity index (χ1n) is 7.03. The van der Waals surface area contributed by atoms with Crippen LogP contribution in [0.25, 0.3) is 0 Å². The minimum atomic E-state index is -0.388. The van der Waals surface area contributed by atoms with Gasteiger partial charge in [0.25, 0.3) is 0 Å². The lowest BCUT2D eigenvalue weighted by molar-refractivity contribution is -0.122. The summed E-state index contributed by atoms with van der Waals surface area (Å²) in [5.74, 6) is 0.421. The van der Waals surface area contributed by atoms with Crippen molar-refractivity contribution in [2.24, 2.45) is 11.7 Å². The van der Waals surface area contributed by atoms with Gasteiger partial charge in [0.15, 0.2) is 11.5 Å². The Bertz CT molecular complexity index is 518. The number of rotatable bonds is 8. The Morgan fingerprint density at radius 2 is 2.24 bits per heavy atom. The van der Waals surface area contributed by atoms with Crippen LogP contribution < -0.4 is 20.5 Å². The Morgan fingerprint density at radius 3 is 2.81 bits per heavy atom. The average molecular weight is 313 g/mol. The molecule has 0 spiro atoms. The van der Waals surface area contributed by atoms with E-state index in [-0.39, 0.29) is 18.4 Å². The van der Waals surface area contributed by atoms with Gasteiger partial charge in [0.2, 0.25) is 5.91 Å². The van der Waals surface area contributed by atoms with Crippen molar-refractivity contribution in [1.29, 1.82) is 0 Å². The van der Waals surface area contributed by atoms with Crippen LogP contribution in [-0.2, 0) is 11.3 Å². The van der Waals surface area contributed by atoms with Gasteiger partial charge < -0.3 is 20.5 Å². The molecule has 1 aliphatic carbocycles. The fourth-order valence-electron chi connectivity index (χ4n) is 1.90. The number of halogens is 1. The highest BCUT2D eigenvalue weighted by atomic mass is 35.5. The predicted molar refractivity (Wildman–Crippen MR) is 81.7 cm³/mol. The molecule has 1 atom stereocenters. The summed E-state index contributed by atoms with van der Waals surface area (Å²) < 4.78 is 11.1. The summed E-state index contributed by atoms with van der Waals surface area (Å²) in [5, 5.41) is 4.01. The van der Waals surface area contributed by atoms with Crippen molar-refractivity contribution in [3.63, 3.8) is 0 Å². The minimum absolute atomic E-state index is 0.212. The molecular weight excluding hydrogens is 292 g/mol. The van der Waals surface area contributed by atoms with E-state index in [1.807, 2.05) is 6.07 Å². The number of hydrogen-bond donors (Lipinski definition) is 2. The Kier molecular flexibility index (Phi) is 5.31. The van der Waals surface area contributed by atoms with Gasteiger partial charge in [0.05, 0.1) is 19.6 Å². The SMILES string of the molecule is COc1cc(Cl)cc(CNC2CC2)c1OCC(C)C(N)=O. The molecule has 0 aliphatic heterocycles. The van der Waals surface area contributed by atoms with Crippen molar-refractivity contribution in [3.8, 4) is 11.5 Å². The topological polar surface area (TPSA) is 73.6 Å². The second-order valence-electron chi connectivity index (χ2n) is 5.37. The monoisotopic (exact) mass is 312 g/mol. The molecule has 5 nitrogen and oxygen atoms in total. The number of primary amides is 1. The molecule has 3 N–H and O–H groups in total. The van der Waals surface area contributed by atoms with Gasteiger partial charge in [-0.15, -0.1) is 0 Å². The van der Waals surface area contributed by atoms with Crippen molar-refractivity contribution in [3.05, 3.63) is 22.7 Å². The van der Waals surface area contributed by atoms with Gasteiger partial charge in [-0.1, -0.05) is 18.5 Å². The van der Waals surface area contributed by atoms with Gasteiger partial charge in [-0.2, -0.15) is 0 Å². The van der Waals surface area contributed by atoms with E-state index in [4.69, 9.17) is 26.8 Å². The normalized spacial score (nSPS) is 15.6. The summed E-state index contributed by atoms with van der Waals surface area (Å²) in [6.45, 7) is 2.60. The molecule has 6 heteroatoms. The molecule has 1 unspecified atom stereocenters. The molecule has 2 rings (SSSR count). The summed E-state index contributed by atoms with van der Waals surface area (Å²) in [5.41, 5.74) is 6.18. The quantitative estimate of drug-likeness (QED) is 0.771. The molecule has 0 heterocycles. The molecule has 21 heavy (non-hydrogen) atoms. The number of methoxy groups -OCH3 is 1. The Labute approximate surface area is 129 Å². The third kappa shape index (κ3) is 4.51. The molecule has 1 fully saturated rings. The molecule has 0 saturated heterocycles.